The van der Waals surface area contributed by atoms with Crippen LogP contribution < -0.4 is 0 Å². The van der Waals surface area contributed by atoms with Gasteiger partial charge < -0.3 is 9.26 Å². The highest BCUT2D eigenvalue weighted by molar-refractivity contribution is 6.20. The zero-order valence-electron chi connectivity index (χ0n) is 8.42. The summed E-state index contributed by atoms with van der Waals surface area (Å²) in [5.41, 5.74) is 0. The topological polar surface area (TPSA) is 48.2 Å². The highest BCUT2D eigenvalue weighted by Gasteiger charge is 2.27. The van der Waals surface area contributed by atoms with Gasteiger partial charge in [0.1, 0.15) is 12.0 Å². The molecular formula is C8H10ClF3N2O2. The van der Waals surface area contributed by atoms with Gasteiger partial charge in [0.15, 0.2) is 5.82 Å². The van der Waals surface area contributed by atoms with Crippen molar-refractivity contribution in [3.63, 3.8) is 0 Å². The average molecular weight is 259 g/mol. The van der Waals surface area contributed by atoms with Crippen LogP contribution in [-0.2, 0) is 11.2 Å². The summed E-state index contributed by atoms with van der Waals surface area (Å²) in [5, 5.41) is 3.12. The number of hydrogen-bond acceptors (Lipinski definition) is 4. The third-order valence-corrected chi connectivity index (χ3v) is 1.75. The van der Waals surface area contributed by atoms with Crippen molar-refractivity contribution in [3.05, 3.63) is 11.7 Å². The van der Waals surface area contributed by atoms with Gasteiger partial charge in [-0.3, -0.25) is 0 Å². The third kappa shape index (κ3) is 4.80. The molecule has 8 heteroatoms. The third-order valence-electron chi connectivity index (χ3n) is 1.56. The first-order valence-electron chi connectivity index (χ1n) is 4.49. The lowest BCUT2D eigenvalue weighted by atomic mass is 10.4. The van der Waals surface area contributed by atoms with E-state index in [-0.39, 0.29) is 24.7 Å². The van der Waals surface area contributed by atoms with E-state index in [0.717, 1.165) is 0 Å². The lowest BCUT2D eigenvalue weighted by Crippen LogP contribution is -2.18. The van der Waals surface area contributed by atoms with Crippen LogP contribution >= 0.6 is 11.6 Å². The Morgan fingerprint density at radius 1 is 1.50 bits per heavy atom. The van der Waals surface area contributed by atoms with E-state index in [1.165, 1.54) is 0 Å². The minimum atomic E-state index is -4.31. The molecule has 1 aromatic rings. The number of hydrogen-bond donors (Lipinski definition) is 0. The van der Waals surface area contributed by atoms with Crippen LogP contribution in [-0.4, -0.2) is 29.5 Å². The first kappa shape index (κ1) is 13.2. The molecule has 1 heterocycles. The molecular weight excluding hydrogens is 249 g/mol. The zero-order chi connectivity index (χ0) is 12.2. The Labute approximate surface area is 94.7 Å². The van der Waals surface area contributed by atoms with Crippen LogP contribution in [0.25, 0.3) is 0 Å². The van der Waals surface area contributed by atoms with Gasteiger partial charge in [-0.2, -0.15) is 18.2 Å². The Kier molecular flexibility index (Phi) is 4.55. The minimum Gasteiger partial charge on any atom is -0.372 e. The average Bonchev–Trinajstić information content (AvgIpc) is 2.59. The smallest absolute Gasteiger partial charge is 0.372 e. The zero-order valence-corrected chi connectivity index (χ0v) is 9.18. The molecule has 1 atom stereocenters. The Bertz CT molecular complexity index is 327. The van der Waals surface area contributed by atoms with Gasteiger partial charge in [0.05, 0.1) is 6.61 Å². The molecule has 0 aromatic carbocycles. The normalized spacial score (nSPS) is 14.1. The molecule has 0 aliphatic heterocycles. The molecule has 1 rings (SSSR count). The van der Waals surface area contributed by atoms with Gasteiger partial charge in [-0.25, -0.2) is 0 Å². The van der Waals surface area contributed by atoms with Crippen LogP contribution in [0.4, 0.5) is 13.2 Å². The van der Waals surface area contributed by atoms with E-state index in [2.05, 4.69) is 14.9 Å². The highest BCUT2D eigenvalue weighted by atomic mass is 35.5. The number of alkyl halides is 4. The van der Waals surface area contributed by atoms with Gasteiger partial charge in [-0.05, 0) is 6.92 Å². The highest BCUT2D eigenvalue weighted by Crippen LogP contribution is 2.17. The number of rotatable bonds is 5. The summed E-state index contributed by atoms with van der Waals surface area (Å²) >= 11 is 5.66. The molecule has 0 bridgehead atoms. The van der Waals surface area contributed by atoms with Crippen LogP contribution in [0.15, 0.2) is 4.52 Å². The van der Waals surface area contributed by atoms with Gasteiger partial charge in [0, 0.05) is 6.42 Å². The predicted octanol–water partition coefficient (Wildman–Crippen LogP) is 2.49. The van der Waals surface area contributed by atoms with Crippen molar-refractivity contribution in [1.82, 2.24) is 10.1 Å². The minimum absolute atomic E-state index is 0.116. The lowest BCUT2D eigenvalue weighted by molar-refractivity contribution is -0.173. The van der Waals surface area contributed by atoms with Crippen LogP contribution in [0.1, 0.15) is 24.0 Å². The molecule has 0 N–H and O–H groups in total. The van der Waals surface area contributed by atoms with E-state index in [4.69, 9.17) is 16.1 Å². The van der Waals surface area contributed by atoms with Crippen molar-refractivity contribution in [2.75, 3.05) is 13.2 Å². The van der Waals surface area contributed by atoms with Crippen molar-refractivity contribution < 1.29 is 22.4 Å². The fourth-order valence-corrected chi connectivity index (χ4v) is 0.971. The molecule has 0 amide bonds. The van der Waals surface area contributed by atoms with E-state index in [9.17, 15) is 13.2 Å². The maximum atomic E-state index is 11.7. The van der Waals surface area contributed by atoms with Crippen LogP contribution in [0.2, 0.25) is 0 Å². The molecule has 1 aromatic heterocycles. The largest absolute Gasteiger partial charge is 0.411 e. The molecule has 16 heavy (non-hydrogen) atoms. The predicted molar refractivity (Wildman–Crippen MR) is 49.1 cm³/mol. The first-order chi connectivity index (χ1) is 7.38. The monoisotopic (exact) mass is 258 g/mol. The Balaban J connectivity index is 2.27. The second-order valence-electron chi connectivity index (χ2n) is 3.08. The van der Waals surface area contributed by atoms with Gasteiger partial charge in [0.25, 0.3) is 0 Å². The van der Waals surface area contributed by atoms with Crippen molar-refractivity contribution in [3.8, 4) is 0 Å². The Morgan fingerprint density at radius 2 is 2.19 bits per heavy atom. The molecule has 92 valence electrons. The quantitative estimate of drug-likeness (QED) is 0.601. The fourth-order valence-electron chi connectivity index (χ4n) is 0.882. The van der Waals surface area contributed by atoms with Gasteiger partial charge in [-0.1, -0.05) is 5.16 Å². The molecule has 0 saturated heterocycles. The van der Waals surface area contributed by atoms with Crippen molar-refractivity contribution in [2.45, 2.75) is 24.9 Å². The standard InChI is InChI=1S/C8H10ClF3N2O2/c1-5(9)7-13-6(14-16-7)2-3-15-4-8(10,11)12/h5H,2-4H2,1H3. The SMILES string of the molecule is CC(Cl)c1nc(CCOCC(F)(F)F)no1. The van der Waals surface area contributed by atoms with Crippen LogP contribution in [0.3, 0.4) is 0 Å². The van der Waals surface area contributed by atoms with Gasteiger partial charge in [0.2, 0.25) is 5.89 Å². The van der Waals surface area contributed by atoms with Gasteiger partial charge >= 0.3 is 6.18 Å². The summed E-state index contributed by atoms with van der Waals surface area (Å²) < 4.78 is 44.2. The van der Waals surface area contributed by atoms with Crippen molar-refractivity contribution >= 4 is 11.6 Å². The van der Waals surface area contributed by atoms with E-state index in [1.807, 2.05) is 0 Å². The summed E-state index contributed by atoms with van der Waals surface area (Å²) in [5.74, 6) is 0.525. The number of nitrogens with zero attached hydrogens (tertiary/aromatic N) is 2. The van der Waals surface area contributed by atoms with Crippen molar-refractivity contribution in [1.29, 1.82) is 0 Å². The van der Waals surface area contributed by atoms with Crippen LogP contribution in [0.5, 0.6) is 0 Å². The molecule has 0 spiro atoms. The Hall–Kier alpha value is -0.820. The van der Waals surface area contributed by atoms with Crippen molar-refractivity contribution in [2.24, 2.45) is 0 Å². The maximum Gasteiger partial charge on any atom is 0.411 e. The second kappa shape index (κ2) is 5.49. The Morgan fingerprint density at radius 3 is 2.69 bits per heavy atom. The number of ether oxygens (including phenoxy) is 1. The summed E-state index contributed by atoms with van der Waals surface area (Å²) in [4.78, 5) is 3.87. The summed E-state index contributed by atoms with van der Waals surface area (Å²) in [6.45, 7) is 0.262. The molecule has 0 radical (unpaired) electrons. The van der Waals surface area contributed by atoms with E-state index in [0.29, 0.717) is 0 Å². The molecule has 0 aliphatic rings. The second-order valence-corrected chi connectivity index (χ2v) is 3.74. The van der Waals surface area contributed by atoms with Crippen LogP contribution in [0, 0.1) is 0 Å². The molecule has 1 unspecified atom stereocenters. The van der Waals surface area contributed by atoms with E-state index < -0.39 is 18.2 Å². The number of aromatic nitrogens is 2. The number of halogens is 4. The summed E-state index contributed by atoms with van der Waals surface area (Å²) in [6.07, 6.45) is -4.16. The fraction of sp³-hybridized carbons (Fsp3) is 0.750. The summed E-state index contributed by atoms with van der Waals surface area (Å²) in [7, 11) is 0. The molecule has 0 fully saturated rings. The molecule has 0 aliphatic carbocycles. The first-order valence-corrected chi connectivity index (χ1v) is 4.93. The van der Waals surface area contributed by atoms with E-state index >= 15 is 0 Å². The van der Waals surface area contributed by atoms with E-state index in [1.54, 1.807) is 6.92 Å². The van der Waals surface area contributed by atoms with Gasteiger partial charge in [-0.15, -0.1) is 11.6 Å². The molecule has 4 nitrogen and oxygen atoms in total. The lowest BCUT2D eigenvalue weighted by Gasteiger charge is -2.05. The molecule has 0 saturated carbocycles. The maximum absolute atomic E-state index is 11.7. The summed E-state index contributed by atoms with van der Waals surface area (Å²) in [6, 6.07) is 0.